The topological polar surface area (TPSA) is 163 Å². The highest BCUT2D eigenvalue weighted by Gasteiger charge is 2.30. The Morgan fingerprint density at radius 3 is 2.24 bits per heavy atom. The molecule has 4 N–H and O–H groups in total. The van der Waals surface area contributed by atoms with E-state index in [4.69, 9.17) is 21.1 Å². The van der Waals surface area contributed by atoms with Gasteiger partial charge in [0.1, 0.15) is 11.6 Å². The van der Waals surface area contributed by atoms with Gasteiger partial charge in [0.2, 0.25) is 23.0 Å². The van der Waals surface area contributed by atoms with E-state index in [2.05, 4.69) is 41.0 Å². The molecule has 1 unspecified atom stereocenters. The smallest absolute Gasteiger partial charge is 0.407 e. The molecule has 0 saturated heterocycles. The molecule has 1 aliphatic rings. The molecule has 5 rings (SSSR count). The molecule has 54 heavy (non-hydrogen) atoms. The number of alkyl carbamates (subject to hydrolysis) is 1. The standard InChI is InChI=1S/C40H51ClN8O5/c1-40(2,3)54-39(52)43-24-27-9-13-30(14-10-27)36(50)45-33(37(51)44-32-18-15-29(16-19-32)35-46-38(41)48-47-35)23-26-7-11-28(12-8-26)31-17-20-34(42-25-31)53-22-6-21-49(4)5/h7-8,11-12,15-20,25,27,30,33H,6,9-10,13-14,21-24H2,1-5H3,(H,43,52)(H,44,51)(H,45,50)(H,46,47,48). The molecule has 3 amide bonds. The van der Waals surface area contributed by atoms with Crippen LogP contribution in [0.5, 0.6) is 5.88 Å². The van der Waals surface area contributed by atoms with Gasteiger partial charge in [0.15, 0.2) is 5.82 Å². The Morgan fingerprint density at radius 1 is 0.944 bits per heavy atom. The largest absolute Gasteiger partial charge is 0.478 e. The van der Waals surface area contributed by atoms with Crippen molar-refractivity contribution in [2.24, 2.45) is 11.8 Å². The SMILES string of the molecule is CN(C)CCCOc1ccc(-c2ccc(CC(NC(=O)C3CCC(CNC(=O)OC(C)(C)C)CC3)C(=O)Nc3ccc(-c4n[nH]c(Cl)n4)cc3)cc2)cn1. The molecule has 0 aliphatic heterocycles. The number of carbonyl (C=O) groups excluding carboxylic acids is 3. The number of ether oxygens (including phenoxy) is 2. The molecular weight excluding hydrogens is 708 g/mol. The maximum Gasteiger partial charge on any atom is 0.407 e. The Hall–Kier alpha value is -5.01. The number of nitrogens with zero attached hydrogens (tertiary/aromatic N) is 4. The van der Waals surface area contributed by atoms with Crippen molar-refractivity contribution in [1.82, 2.24) is 35.7 Å². The van der Waals surface area contributed by atoms with Crippen LogP contribution in [0.2, 0.25) is 5.28 Å². The summed E-state index contributed by atoms with van der Waals surface area (Å²) < 4.78 is 11.1. The number of nitrogens with one attached hydrogen (secondary N) is 4. The van der Waals surface area contributed by atoms with Gasteiger partial charge in [-0.2, -0.15) is 10.1 Å². The minimum absolute atomic E-state index is 0.155. The number of aromatic amines is 1. The summed E-state index contributed by atoms with van der Waals surface area (Å²) in [5.74, 6) is 0.556. The van der Waals surface area contributed by atoms with Gasteiger partial charge in [-0.25, -0.2) is 14.9 Å². The first-order valence-corrected chi connectivity index (χ1v) is 18.8. The number of rotatable bonds is 15. The Kier molecular flexibility index (Phi) is 14.0. The average Bonchev–Trinajstić information content (AvgIpc) is 3.58. The molecule has 0 spiro atoms. The second kappa shape index (κ2) is 18.8. The number of pyridine rings is 1. The summed E-state index contributed by atoms with van der Waals surface area (Å²) >= 11 is 5.88. The predicted octanol–water partition coefficient (Wildman–Crippen LogP) is 6.51. The Bertz CT molecular complexity index is 1820. The zero-order chi connectivity index (χ0) is 38.7. The monoisotopic (exact) mass is 758 g/mol. The summed E-state index contributed by atoms with van der Waals surface area (Å²) in [6, 6.07) is 18.0. The molecule has 0 bridgehead atoms. The van der Waals surface area contributed by atoms with Crippen LogP contribution in [0.3, 0.4) is 0 Å². The molecule has 2 aromatic carbocycles. The summed E-state index contributed by atoms with van der Waals surface area (Å²) in [5, 5.41) is 15.7. The number of aromatic nitrogens is 4. The highest BCUT2D eigenvalue weighted by atomic mass is 35.5. The Morgan fingerprint density at radius 2 is 1.63 bits per heavy atom. The number of amides is 3. The molecule has 1 saturated carbocycles. The number of hydrogen-bond acceptors (Lipinski definition) is 9. The first-order valence-electron chi connectivity index (χ1n) is 18.4. The van der Waals surface area contributed by atoms with E-state index >= 15 is 0 Å². The van der Waals surface area contributed by atoms with Crippen molar-refractivity contribution in [3.63, 3.8) is 0 Å². The highest BCUT2D eigenvalue weighted by molar-refractivity contribution is 6.28. The second-order valence-electron chi connectivity index (χ2n) is 15.0. The molecular formula is C40H51ClN8O5. The van der Waals surface area contributed by atoms with Crippen molar-refractivity contribution in [3.05, 3.63) is 77.7 Å². The molecule has 1 aliphatic carbocycles. The van der Waals surface area contributed by atoms with E-state index in [1.165, 1.54) is 0 Å². The number of hydrogen-bond donors (Lipinski definition) is 4. The molecule has 0 radical (unpaired) electrons. The third-order valence-corrected chi connectivity index (χ3v) is 9.29. The summed E-state index contributed by atoms with van der Waals surface area (Å²) in [6.07, 6.45) is 5.45. The normalized spacial score (nSPS) is 16.4. The molecule has 2 aromatic heterocycles. The third kappa shape index (κ3) is 12.6. The molecule has 13 nitrogen and oxygen atoms in total. The van der Waals surface area contributed by atoms with E-state index in [9.17, 15) is 14.4 Å². The maximum atomic E-state index is 13.8. The van der Waals surface area contributed by atoms with Gasteiger partial charge in [0.25, 0.3) is 0 Å². The van der Waals surface area contributed by atoms with E-state index in [-0.39, 0.29) is 28.9 Å². The zero-order valence-corrected chi connectivity index (χ0v) is 32.4. The molecule has 1 fully saturated rings. The highest BCUT2D eigenvalue weighted by Crippen LogP contribution is 2.29. The summed E-state index contributed by atoms with van der Waals surface area (Å²) in [6.45, 7) is 7.53. The molecule has 14 heteroatoms. The van der Waals surface area contributed by atoms with Crippen LogP contribution in [0.15, 0.2) is 66.9 Å². The van der Waals surface area contributed by atoms with Crippen molar-refractivity contribution in [1.29, 1.82) is 0 Å². The van der Waals surface area contributed by atoms with E-state index < -0.39 is 17.7 Å². The quantitative estimate of drug-likeness (QED) is 0.0990. The Labute approximate surface area is 322 Å². The predicted molar refractivity (Wildman–Crippen MR) is 209 cm³/mol. The van der Waals surface area contributed by atoms with Crippen molar-refractivity contribution in [2.75, 3.05) is 39.1 Å². The van der Waals surface area contributed by atoms with Gasteiger partial charge in [-0.05, 0) is 126 Å². The minimum Gasteiger partial charge on any atom is -0.478 e. The van der Waals surface area contributed by atoms with E-state index in [1.807, 2.05) is 71.3 Å². The fraction of sp³-hybridized carbons (Fsp3) is 0.450. The van der Waals surface area contributed by atoms with Gasteiger partial charge in [0, 0.05) is 54.5 Å². The first kappa shape index (κ1) is 40.2. The lowest BCUT2D eigenvalue weighted by molar-refractivity contribution is -0.130. The molecule has 2 heterocycles. The van der Waals surface area contributed by atoms with Crippen molar-refractivity contribution >= 4 is 35.2 Å². The number of carbonyl (C=O) groups is 3. The van der Waals surface area contributed by atoms with Gasteiger partial charge in [-0.1, -0.05) is 24.3 Å². The summed E-state index contributed by atoms with van der Waals surface area (Å²) in [4.78, 5) is 50.3. The van der Waals surface area contributed by atoms with Crippen LogP contribution < -0.4 is 20.7 Å². The fourth-order valence-electron chi connectivity index (χ4n) is 6.24. The lowest BCUT2D eigenvalue weighted by atomic mass is 9.81. The summed E-state index contributed by atoms with van der Waals surface area (Å²) in [5.41, 5.74) is 3.54. The lowest BCUT2D eigenvalue weighted by Gasteiger charge is -2.29. The van der Waals surface area contributed by atoms with Crippen LogP contribution in [0.25, 0.3) is 22.5 Å². The van der Waals surface area contributed by atoms with Crippen LogP contribution in [0.1, 0.15) is 58.4 Å². The van der Waals surface area contributed by atoms with E-state index in [0.29, 0.717) is 49.8 Å². The number of benzene rings is 2. The molecule has 1 atom stereocenters. The van der Waals surface area contributed by atoms with Gasteiger partial charge >= 0.3 is 6.09 Å². The van der Waals surface area contributed by atoms with E-state index in [0.717, 1.165) is 48.1 Å². The van der Waals surface area contributed by atoms with E-state index in [1.54, 1.807) is 30.5 Å². The van der Waals surface area contributed by atoms with Gasteiger partial charge in [-0.3, -0.25) is 9.59 Å². The minimum atomic E-state index is -0.827. The van der Waals surface area contributed by atoms with Crippen molar-refractivity contribution in [2.45, 2.75) is 70.9 Å². The van der Waals surface area contributed by atoms with Crippen LogP contribution in [0.4, 0.5) is 10.5 Å². The average molecular weight is 759 g/mol. The van der Waals surface area contributed by atoms with Crippen LogP contribution >= 0.6 is 11.6 Å². The Balaban J connectivity index is 1.21. The van der Waals surface area contributed by atoms with Crippen LogP contribution in [-0.4, -0.2) is 88.4 Å². The third-order valence-electron chi connectivity index (χ3n) is 9.12. The fourth-order valence-corrected chi connectivity index (χ4v) is 6.36. The first-order chi connectivity index (χ1) is 25.8. The summed E-state index contributed by atoms with van der Waals surface area (Å²) in [7, 11) is 4.07. The number of halogens is 1. The number of anilines is 1. The zero-order valence-electron chi connectivity index (χ0n) is 31.7. The van der Waals surface area contributed by atoms with Gasteiger partial charge in [0.05, 0.1) is 6.61 Å². The van der Waals surface area contributed by atoms with Crippen molar-refractivity contribution in [3.8, 4) is 28.4 Å². The molecule has 4 aromatic rings. The molecule has 288 valence electrons. The number of H-pyrrole nitrogens is 1. The van der Waals surface area contributed by atoms with Gasteiger partial charge in [-0.15, -0.1) is 0 Å². The van der Waals surface area contributed by atoms with Gasteiger partial charge < -0.3 is 30.3 Å². The van der Waals surface area contributed by atoms with Crippen LogP contribution in [0, 0.1) is 11.8 Å². The lowest BCUT2D eigenvalue weighted by Crippen LogP contribution is -2.48. The maximum absolute atomic E-state index is 13.8. The second-order valence-corrected chi connectivity index (χ2v) is 15.3. The van der Waals surface area contributed by atoms with Crippen molar-refractivity contribution < 1.29 is 23.9 Å². The van der Waals surface area contributed by atoms with Crippen LogP contribution in [-0.2, 0) is 20.7 Å².